The first-order valence-electron chi connectivity index (χ1n) is 30.5. The zero-order chi connectivity index (χ0) is 59.6. The molecule has 2 saturated carbocycles. The summed E-state index contributed by atoms with van der Waals surface area (Å²) in [6.45, 7) is 39.1. The number of pyridine rings is 1. The second kappa shape index (κ2) is 50.2. The molecule has 2 fully saturated rings. The number of hydrogen-bond donors (Lipinski definition) is 0. The van der Waals surface area contributed by atoms with Gasteiger partial charge < -0.3 is 19.3 Å². The number of thiophene rings is 1. The molecule has 12 rings (SSSR count). The van der Waals surface area contributed by atoms with Crippen LogP contribution in [0.15, 0.2) is 184 Å². The first kappa shape index (κ1) is 82.1. The number of benzene rings is 5. The van der Waals surface area contributed by atoms with Crippen molar-refractivity contribution in [3.63, 3.8) is 0 Å². The van der Waals surface area contributed by atoms with Gasteiger partial charge in [0.2, 0.25) is 11.9 Å². The Morgan fingerprint density at radius 1 is 0.458 bits per heavy atom. The summed E-state index contributed by atoms with van der Waals surface area (Å²) < 4.78 is 8.38. The van der Waals surface area contributed by atoms with Crippen molar-refractivity contribution in [1.82, 2.24) is 0 Å². The Morgan fingerprint density at radius 3 is 1.25 bits per heavy atom. The Balaban J connectivity index is -0.000000856. The van der Waals surface area contributed by atoms with Crippen LogP contribution < -0.4 is 4.68 Å². The summed E-state index contributed by atoms with van der Waals surface area (Å²) >= 11 is 1.79. The van der Waals surface area contributed by atoms with Crippen LogP contribution in [0.5, 0.6) is 0 Å². The van der Waals surface area contributed by atoms with Crippen molar-refractivity contribution >= 4 is 60.8 Å². The van der Waals surface area contributed by atoms with Crippen molar-refractivity contribution in [2.24, 2.45) is 45.1 Å². The van der Waals surface area contributed by atoms with Gasteiger partial charge in [0.05, 0.1) is 24.6 Å². The largest absolute Gasteiger partial charge is 2.00 e. The van der Waals surface area contributed by atoms with E-state index in [1.54, 1.807) is 17.6 Å². The van der Waals surface area contributed by atoms with Gasteiger partial charge in [-0.25, -0.2) is 0 Å². The van der Waals surface area contributed by atoms with Crippen LogP contribution in [0.25, 0.3) is 31.8 Å². The molecule has 6 heteroatoms. The number of furan rings is 1. The van der Waals surface area contributed by atoms with Crippen molar-refractivity contribution in [2.45, 2.75) is 202 Å². The van der Waals surface area contributed by atoms with E-state index < -0.39 is 0 Å². The third kappa shape index (κ3) is 45.9. The number of rotatable bonds is 1. The van der Waals surface area contributed by atoms with Crippen LogP contribution in [-0.2, 0) is 29.9 Å². The van der Waals surface area contributed by atoms with Crippen LogP contribution in [0.2, 0.25) is 0 Å². The maximum atomic E-state index is 5.12. The van der Waals surface area contributed by atoms with Crippen molar-refractivity contribution in [3.8, 4) is 0 Å². The molecule has 2 aliphatic carbocycles. The van der Waals surface area contributed by atoms with Crippen LogP contribution >= 0.6 is 11.3 Å². The number of hydrogen-bond acceptors (Lipinski definition) is 4. The summed E-state index contributed by atoms with van der Waals surface area (Å²) in [5.74, 6) is 3.91. The normalized spacial score (nSPS) is 12.4. The SMILES string of the molecule is C1=N[n+]2ccccc2C1.C1CCCC1.C1CCCC1.CC(C)(C)C.CC(C)C.CC(C)C.CC(C)C.CC(C)C.CC(C)C1=Nc2ccccc2C1.[CH3-].[CH3-].[Fe+2].c1ccc2ccccc2c1.c1ccc2occc2c1.c1ccc2sccc2c1. The van der Waals surface area contributed by atoms with Gasteiger partial charge in [-0.3, -0.25) is 4.99 Å². The minimum atomic E-state index is 0. The third-order valence-corrected chi connectivity index (χ3v) is 11.5. The van der Waals surface area contributed by atoms with E-state index in [1.165, 1.54) is 108 Å². The number of aliphatic imine (C=N–C) groups is 1. The maximum absolute atomic E-state index is 5.12. The van der Waals surface area contributed by atoms with E-state index in [0.717, 1.165) is 47.5 Å². The molecule has 5 aromatic carbocycles. The van der Waals surface area contributed by atoms with E-state index in [0.29, 0.717) is 11.3 Å². The van der Waals surface area contributed by atoms with Crippen LogP contribution in [0.1, 0.15) is 200 Å². The number of aromatic nitrogens is 1. The van der Waals surface area contributed by atoms with Gasteiger partial charge in [-0.05, 0) is 104 Å². The van der Waals surface area contributed by atoms with E-state index in [-0.39, 0.29) is 31.9 Å². The summed E-state index contributed by atoms with van der Waals surface area (Å²) in [6.07, 6.45) is 22.6. The van der Waals surface area contributed by atoms with Crippen molar-refractivity contribution < 1.29 is 26.2 Å². The Kier molecular flexibility index (Phi) is 49.7. The molecule has 83 heavy (non-hydrogen) atoms. The molecular formula is C77H118FeN3OS+. The summed E-state index contributed by atoms with van der Waals surface area (Å²) in [7, 11) is 0. The number of nitrogens with zero attached hydrogens (tertiary/aromatic N) is 3. The molecule has 0 atom stereocenters. The molecule has 0 amide bonds. The first-order valence-corrected chi connectivity index (χ1v) is 31.4. The average molecular weight is 1190 g/mol. The van der Waals surface area contributed by atoms with Crippen molar-refractivity contribution in [3.05, 3.63) is 196 Å². The second-order valence-electron chi connectivity index (χ2n) is 25.3. The number of fused-ring (bicyclic) bond motifs is 5. The molecule has 0 radical (unpaired) electrons. The van der Waals surface area contributed by atoms with Gasteiger partial charge in [-0.2, -0.15) is 0 Å². The maximum Gasteiger partial charge on any atom is 2.00 e. The van der Waals surface area contributed by atoms with Crippen LogP contribution in [0, 0.1) is 49.9 Å². The van der Waals surface area contributed by atoms with Crippen molar-refractivity contribution in [2.75, 3.05) is 0 Å². The van der Waals surface area contributed by atoms with E-state index in [9.17, 15) is 0 Å². The van der Waals surface area contributed by atoms with Crippen molar-refractivity contribution in [1.29, 1.82) is 0 Å². The van der Waals surface area contributed by atoms with Gasteiger partial charge >= 0.3 is 17.1 Å². The van der Waals surface area contributed by atoms with Crippen LogP contribution in [0.3, 0.4) is 0 Å². The summed E-state index contributed by atoms with van der Waals surface area (Å²) in [6, 6.07) is 51.6. The van der Waals surface area contributed by atoms with E-state index in [2.05, 4.69) is 243 Å². The zero-order valence-electron chi connectivity index (χ0n) is 56.1. The Hall–Kier alpha value is -5.13. The molecule has 8 aromatic rings. The fourth-order valence-electron chi connectivity index (χ4n) is 7.17. The monoisotopic (exact) mass is 1190 g/mol. The fourth-order valence-corrected chi connectivity index (χ4v) is 7.96. The Morgan fingerprint density at radius 2 is 0.843 bits per heavy atom. The quantitative estimate of drug-likeness (QED) is 0.0917. The molecule has 4 nitrogen and oxygen atoms in total. The molecule has 3 aromatic heterocycles. The topological polar surface area (TPSA) is 41.7 Å². The molecule has 5 heterocycles. The standard InChI is InChI=1S/C11H13N.C10H8.C8H6O.C8H6S.C7H7N2.2C5H10.C5H12.4C4H10.2CH3.Fe/c1-8(2)11-7-9-5-3-4-6-10(9)12-11;1-2-6-10-8-4-3-7-9(10)5-1;2*1-2-4-8-7(3-1)5-6-9-8;1-2-6-9-7(3-1)4-5-8-9;2*1-2-4-5-3-1;1-5(2,3)4;4*1-4(2)3;;;/h3-6,8H,7H2,1-2H3;1-8H;2*1-6H;1-3,5-6H,4H2;2*1-5H2;1-4H3;4*4H,1-3H3;2*1H3;/q;;;;+1;;;;;;;;2*-1;+2. The molecule has 0 unspecified atom stereocenters. The minimum Gasteiger partial charge on any atom is -0.464 e. The molecule has 0 bridgehead atoms. The summed E-state index contributed by atoms with van der Waals surface area (Å²) in [5, 5.41) is 11.3. The molecular weight excluding hydrogens is 1070 g/mol. The molecule has 460 valence electrons. The van der Waals surface area contributed by atoms with Crippen LogP contribution in [0.4, 0.5) is 5.69 Å². The molecule has 0 saturated heterocycles. The van der Waals surface area contributed by atoms with E-state index >= 15 is 0 Å². The summed E-state index contributed by atoms with van der Waals surface area (Å²) in [4.78, 5) is 4.57. The Labute approximate surface area is 526 Å². The number of para-hydroxylation sites is 2. The second-order valence-corrected chi connectivity index (χ2v) is 26.3. The zero-order valence-corrected chi connectivity index (χ0v) is 58.0. The van der Waals surface area contributed by atoms with E-state index in [4.69, 9.17) is 4.42 Å². The van der Waals surface area contributed by atoms with Gasteiger partial charge in [-0.1, -0.05) is 297 Å². The smallest absolute Gasteiger partial charge is 0.464 e. The predicted octanol–water partition coefficient (Wildman–Crippen LogP) is 25.0. The fraction of sp³-hybridized carbons (Fsp3) is 0.468. The minimum absolute atomic E-state index is 0. The van der Waals surface area contributed by atoms with Gasteiger partial charge in [-0.15, -0.1) is 11.3 Å². The molecule has 0 N–H and O–H groups in total. The van der Waals surface area contributed by atoms with Gasteiger partial charge in [0.15, 0.2) is 0 Å². The summed E-state index contributed by atoms with van der Waals surface area (Å²) in [5.41, 5.74) is 6.58. The van der Waals surface area contributed by atoms with Gasteiger partial charge in [0.1, 0.15) is 5.58 Å². The predicted molar refractivity (Wildman–Crippen MR) is 374 cm³/mol. The molecule has 0 spiro atoms. The first-order chi connectivity index (χ1) is 38.1. The Bertz CT molecular complexity index is 2520. The van der Waals surface area contributed by atoms with Crippen LogP contribution in [-0.4, -0.2) is 11.9 Å². The third-order valence-electron chi connectivity index (χ3n) is 10.6. The average Bonchev–Trinajstić information content (AvgIpc) is 4.32. The van der Waals surface area contributed by atoms with Gasteiger partial charge in [0, 0.05) is 34.4 Å². The van der Waals surface area contributed by atoms with E-state index in [1.807, 2.05) is 65.6 Å². The molecule has 2 aliphatic heterocycles. The van der Waals surface area contributed by atoms with Gasteiger partial charge in [0.25, 0.3) is 0 Å². The molecule has 4 aliphatic rings.